The van der Waals surface area contributed by atoms with Gasteiger partial charge in [-0.3, -0.25) is 9.69 Å². The summed E-state index contributed by atoms with van der Waals surface area (Å²) in [6.45, 7) is 4.02. The zero-order valence-electron chi connectivity index (χ0n) is 13.5. The van der Waals surface area contributed by atoms with E-state index in [1.165, 1.54) is 0 Å². The zero-order chi connectivity index (χ0) is 18.1. The van der Waals surface area contributed by atoms with Gasteiger partial charge in [0, 0.05) is 28.5 Å². The van der Waals surface area contributed by atoms with Crippen molar-refractivity contribution in [2.45, 2.75) is 13.8 Å². The molecule has 0 aliphatic rings. The van der Waals surface area contributed by atoms with Crippen molar-refractivity contribution in [2.24, 2.45) is 5.73 Å². The van der Waals surface area contributed by atoms with Crippen LogP contribution in [0.2, 0.25) is 0 Å². The number of amides is 2. The maximum atomic E-state index is 12.3. The molecule has 0 aliphatic carbocycles. The van der Waals surface area contributed by atoms with Crippen molar-refractivity contribution in [1.29, 1.82) is 5.26 Å². The number of aryl methyl sites for hydroxylation is 1. The second-order valence-corrected chi connectivity index (χ2v) is 5.99. The number of nitrogens with zero attached hydrogens (tertiary/aromatic N) is 2. The number of benzene rings is 1. The van der Waals surface area contributed by atoms with E-state index in [1.54, 1.807) is 19.1 Å². The van der Waals surface area contributed by atoms with E-state index in [-0.39, 0.29) is 25.3 Å². The summed E-state index contributed by atoms with van der Waals surface area (Å²) >= 11 is 2.17. The summed E-state index contributed by atoms with van der Waals surface area (Å²) < 4.78 is 5.91. The van der Waals surface area contributed by atoms with Crippen molar-refractivity contribution in [3.8, 4) is 6.07 Å². The topological polar surface area (TPSA) is 108 Å². The number of carbonyl (C=O) groups excluding carboxylic acids is 2. The highest BCUT2D eigenvalue weighted by molar-refractivity contribution is 14.1. The van der Waals surface area contributed by atoms with Crippen LogP contribution in [0.15, 0.2) is 30.0 Å². The maximum Gasteiger partial charge on any atom is 0.413 e. The minimum Gasteiger partial charge on any atom is -0.449 e. The van der Waals surface area contributed by atoms with Crippen molar-refractivity contribution in [2.75, 3.05) is 25.0 Å². The third-order valence-electron chi connectivity index (χ3n) is 2.96. The van der Waals surface area contributed by atoms with Crippen LogP contribution in [0.4, 0.5) is 10.5 Å². The SMILES string of the molecule is CCOC(=O)N(/C=C(/C#N)C(=O)Nc1ccc(I)cc1C)CCN. The molecule has 24 heavy (non-hydrogen) atoms. The molecule has 0 aromatic heterocycles. The Morgan fingerprint density at radius 3 is 2.75 bits per heavy atom. The molecule has 2 amide bonds. The molecular weight excluding hydrogens is 423 g/mol. The number of hydrogen-bond acceptors (Lipinski definition) is 5. The van der Waals surface area contributed by atoms with Gasteiger partial charge in [-0.05, 0) is 60.2 Å². The number of ether oxygens (including phenoxy) is 1. The van der Waals surface area contributed by atoms with Crippen molar-refractivity contribution in [1.82, 2.24) is 4.90 Å². The Kier molecular flexibility index (Phi) is 8.21. The number of nitrogens with two attached hydrogens (primary N) is 1. The van der Waals surface area contributed by atoms with Gasteiger partial charge in [0.15, 0.2) is 0 Å². The molecule has 0 heterocycles. The van der Waals surface area contributed by atoms with Crippen LogP contribution in [-0.4, -0.2) is 36.6 Å². The number of nitriles is 1. The Balaban J connectivity index is 2.98. The molecule has 3 N–H and O–H groups in total. The lowest BCUT2D eigenvalue weighted by Gasteiger charge is -2.17. The van der Waals surface area contributed by atoms with Crippen LogP contribution >= 0.6 is 22.6 Å². The van der Waals surface area contributed by atoms with Gasteiger partial charge >= 0.3 is 6.09 Å². The van der Waals surface area contributed by atoms with Crippen LogP contribution in [0.3, 0.4) is 0 Å². The van der Waals surface area contributed by atoms with E-state index in [2.05, 4.69) is 27.9 Å². The lowest BCUT2D eigenvalue weighted by molar-refractivity contribution is -0.112. The van der Waals surface area contributed by atoms with Crippen LogP contribution in [0.1, 0.15) is 12.5 Å². The fraction of sp³-hybridized carbons (Fsp3) is 0.312. The van der Waals surface area contributed by atoms with Gasteiger partial charge in [-0.15, -0.1) is 0 Å². The fourth-order valence-corrected chi connectivity index (χ4v) is 2.45. The van der Waals surface area contributed by atoms with E-state index in [0.717, 1.165) is 20.2 Å². The first-order chi connectivity index (χ1) is 11.4. The fourth-order valence-electron chi connectivity index (χ4n) is 1.81. The average Bonchev–Trinajstić information content (AvgIpc) is 2.54. The monoisotopic (exact) mass is 442 g/mol. The van der Waals surface area contributed by atoms with Crippen LogP contribution < -0.4 is 11.1 Å². The van der Waals surface area contributed by atoms with Gasteiger partial charge in [-0.25, -0.2) is 4.79 Å². The quantitative estimate of drug-likeness (QED) is 0.400. The van der Waals surface area contributed by atoms with Gasteiger partial charge in [-0.2, -0.15) is 5.26 Å². The number of rotatable bonds is 6. The van der Waals surface area contributed by atoms with Crippen molar-refractivity contribution in [3.63, 3.8) is 0 Å². The second-order valence-electron chi connectivity index (χ2n) is 4.75. The maximum absolute atomic E-state index is 12.3. The lowest BCUT2D eigenvalue weighted by Crippen LogP contribution is -2.32. The number of halogens is 1. The molecule has 1 rings (SSSR count). The Labute approximate surface area is 154 Å². The highest BCUT2D eigenvalue weighted by Crippen LogP contribution is 2.18. The highest BCUT2D eigenvalue weighted by Gasteiger charge is 2.17. The largest absolute Gasteiger partial charge is 0.449 e. The first-order valence-electron chi connectivity index (χ1n) is 7.25. The standard InChI is InChI=1S/C16H19IN4O3/c1-3-24-16(23)21(7-6-18)10-12(9-19)15(22)20-14-5-4-13(17)8-11(14)2/h4-5,8,10H,3,6-7,18H2,1-2H3,(H,20,22)/b12-10-. The molecule has 0 bridgehead atoms. The van der Waals surface area contributed by atoms with E-state index in [0.29, 0.717) is 5.69 Å². The summed E-state index contributed by atoms with van der Waals surface area (Å²) in [6, 6.07) is 7.31. The third kappa shape index (κ3) is 5.82. The lowest BCUT2D eigenvalue weighted by atomic mass is 10.2. The molecule has 0 aliphatic heterocycles. The predicted octanol–water partition coefficient (Wildman–Crippen LogP) is 2.36. The molecule has 1 aromatic rings. The van der Waals surface area contributed by atoms with Gasteiger partial charge in [0.2, 0.25) is 0 Å². The summed E-state index contributed by atoms with van der Waals surface area (Å²) in [4.78, 5) is 25.2. The average molecular weight is 442 g/mol. The molecule has 1 aromatic carbocycles. The minimum atomic E-state index is -0.658. The van der Waals surface area contributed by atoms with Crippen LogP contribution in [0, 0.1) is 21.8 Å². The molecular formula is C16H19IN4O3. The molecule has 0 saturated carbocycles. The molecule has 0 atom stereocenters. The van der Waals surface area contributed by atoms with Gasteiger partial charge in [-0.1, -0.05) is 0 Å². The molecule has 7 nitrogen and oxygen atoms in total. The van der Waals surface area contributed by atoms with Crippen LogP contribution in [0.5, 0.6) is 0 Å². The molecule has 0 spiro atoms. The van der Waals surface area contributed by atoms with Crippen molar-refractivity contribution < 1.29 is 14.3 Å². The normalized spacial score (nSPS) is 10.7. The minimum absolute atomic E-state index is 0.139. The molecule has 0 radical (unpaired) electrons. The highest BCUT2D eigenvalue weighted by atomic mass is 127. The number of hydrogen-bond donors (Lipinski definition) is 2. The van der Waals surface area contributed by atoms with Gasteiger partial charge in [0.1, 0.15) is 11.6 Å². The van der Waals surface area contributed by atoms with E-state index >= 15 is 0 Å². The number of nitrogens with one attached hydrogen (secondary N) is 1. The molecule has 128 valence electrons. The van der Waals surface area contributed by atoms with Gasteiger partial charge in [0.05, 0.1) is 6.61 Å². The summed E-state index contributed by atoms with van der Waals surface area (Å²) in [5.41, 5.74) is 6.71. The molecule has 8 heteroatoms. The van der Waals surface area contributed by atoms with Crippen molar-refractivity contribution >= 4 is 40.3 Å². The first kappa shape index (κ1) is 19.9. The van der Waals surface area contributed by atoms with E-state index in [4.69, 9.17) is 10.5 Å². The second kappa shape index (κ2) is 9.89. The Hall–Kier alpha value is -2.12. The first-order valence-corrected chi connectivity index (χ1v) is 8.33. The van der Waals surface area contributed by atoms with Gasteiger partial charge < -0.3 is 15.8 Å². The van der Waals surface area contributed by atoms with Crippen LogP contribution in [-0.2, 0) is 9.53 Å². The summed E-state index contributed by atoms with van der Waals surface area (Å²) in [5.74, 6) is -0.604. The van der Waals surface area contributed by atoms with E-state index in [1.807, 2.05) is 19.1 Å². The molecule has 0 unspecified atom stereocenters. The zero-order valence-corrected chi connectivity index (χ0v) is 15.7. The van der Waals surface area contributed by atoms with E-state index < -0.39 is 12.0 Å². The van der Waals surface area contributed by atoms with E-state index in [9.17, 15) is 14.9 Å². The molecule has 0 saturated heterocycles. The predicted molar refractivity (Wildman–Crippen MR) is 99.0 cm³/mol. The van der Waals surface area contributed by atoms with Crippen molar-refractivity contribution in [3.05, 3.63) is 39.1 Å². The van der Waals surface area contributed by atoms with Gasteiger partial charge in [0.25, 0.3) is 5.91 Å². The Morgan fingerprint density at radius 2 is 2.21 bits per heavy atom. The van der Waals surface area contributed by atoms with Crippen LogP contribution in [0.25, 0.3) is 0 Å². The molecule has 0 fully saturated rings. The smallest absolute Gasteiger partial charge is 0.413 e. The number of anilines is 1. The summed E-state index contributed by atoms with van der Waals surface area (Å²) in [7, 11) is 0. The Bertz CT molecular complexity index is 682. The summed E-state index contributed by atoms with van der Waals surface area (Å²) in [6.07, 6.45) is 0.497. The Morgan fingerprint density at radius 1 is 1.50 bits per heavy atom. The third-order valence-corrected chi connectivity index (χ3v) is 3.63. The number of carbonyl (C=O) groups is 2. The summed E-state index contributed by atoms with van der Waals surface area (Å²) in [5, 5.41) is 11.9.